The van der Waals surface area contributed by atoms with Gasteiger partial charge in [-0.1, -0.05) is 24.3 Å². The second-order valence-corrected chi connectivity index (χ2v) is 3.84. The number of carboxylic acid groups (broad SMARTS) is 1. The number of aliphatic carboxylic acids is 1. The van der Waals surface area contributed by atoms with Crippen molar-refractivity contribution in [3.63, 3.8) is 0 Å². The van der Waals surface area contributed by atoms with Gasteiger partial charge >= 0.3 is 5.97 Å². The number of carbonyl (C=O) groups is 1. The molecule has 1 rings (SSSR count). The maximum atomic E-state index is 11.1. The van der Waals surface area contributed by atoms with Gasteiger partial charge in [0.05, 0.1) is 7.11 Å². The summed E-state index contributed by atoms with van der Waals surface area (Å²) in [6.45, 7) is 3.61. The summed E-state index contributed by atoms with van der Waals surface area (Å²) in [4.78, 5) is 15.1. The molecule has 0 saturated carbocycles. The van der Waals surface area contributed by atoms with Crippen LogP contribution in [-0.2, 0) is 16.0 Å². The molecule has 0 aromatic heterocycles. The highest BCUT2D eigenvalue weighted by Crippen LogP contribution is 2.12. The fourth-order valence-electron chi connectivity index (χ4n) is 1.51. The third-order valence-corrected chi connectivity index (χ3v) is 2.59. The number of methoxy groups -OCH3 is 1. The molecular formula is C13H17NO3. The Morgan fingerprint density at radius 2 is 2.12 bits per heavy atom. The first kappa shape index (κ1) is 13.2. The first-order valence-corrected chi connectivity index (χ1v) is 5.40. The lowest BCUT2D eigenvalue weighted by molar-refractivity contribution is -0.138. The van der Waals surface area contributed by atoms with E-state index in [1.54, 1.807) is 6.92 Å². The minimum atomic E-state index is -0.940. The fourth-order valence-corrected chi connectivity index (χ4v) is 1.51. The van der Waals surface area contributed by atoms with Gasteiger partial charge in [0, 0.05) is 13.3 Å². The first-order valence-electron chi connectivity index (χ1n) is 5.40. The van der Waals surface area contributed by atoms with Crippen molar-refractivity contribution in [3.8, 4) is 0 Å². The Kier molecular flexibility index (Phi) is 4.69. The molecule has 0 aliphatic heterocycles. The Hall–Kier alpha value is -1.84. The SMILES string of the molecule is COC(C)=NC(Cc1ccccc1C)C(=O)O. The van der Waals surface area contributed by atoms with Gasteiger partial charge in [0.25, 0.3) is 0 Å². The minimum Gasteiger partial charge on any atom is -0.484 e. The number of aliphatic imine (C=N–C) groups is 1. The summed E-state index contributed by atoms with van der Waals surface area (Å²) in [5, 5.41) is 9.11. The van der Waals surface area contributed by atoms with Crippen molar-refractivity contribution in [1.29, 1.82) is 0 Å². The van der Waals surface area contributed by atoms with Gasteiger partial charge < -0.3 is 9.84 Å². The van der Waals surface area contributed by atoms with Crippen molar-refractivity contribution in [1.82, 2.24) is 0 Å². The van der Waals surface area contributed by atoms with Gasteiger partial charge in [-0.3, -0.25) is 0 Å². The molecule has 0 amide bonds. The Bertz CT molecular complexity index is 426. The van der Waals surface area contributed by atoms with Crippen LogP contribution in [0.1, 0.15) is 18.1 Å². The number of aryl methyl sites for hydroxylation is 1. The molecule has 0 heterocycles. The van der Waals surface area contributed by atoms with Crippen molar-refractivity contribution in [2.45, 2.75) is 26.3 Å². The van der Waals surface area contributed by atoms with Crippen LogP contribution in [-0.4, -0.2) is 30.1 Å². The summed E-state index contributed by atoms with van der Waals surface area (Å²) < 4.78 is 4.89. The minimum absolute atomic E-state index is 0.378. The number of benzene rings is 1. The van der Waals surface area contributed by atoms with Gasteiger partial charge in [-0.05, 0) is 18.1 Å². The highest BCUT2D eigenvalue weighted by Gasteiger charge is 2.18. The average Bonchev–Trinajstić information content (AvgIpc) is 2.30. The summed E-state index contributed by atoms with van der Waals surface area (Å²) in [6, 6.07) is 6.91. The molecular weight excluding hydrogens is 218 g/mol. The number of nitrogens with zero attached hydrogens (tertiary/aromatic N) is 1. The van der Waals surface area contributed by atoms with Crippen LogP contribution < -0.4 is 0 Å². The van der Waals surface area contributed by atoms with Gasteiger partial charge in [-0.25, -0.2) is 9.79 Å². The summed E-state index contributed by atoms with van der Waals surface area (Å²) in [6.07, 6.45) is 0.378. The zero-order valence-corrected chi connectivity index (χ0v) is 10.3. The van der Waals surface area contributed by atoms with Gasteiger partial charge in [0.2, 0.25) is 0 Å². The monoisotopic (exact) mass is 235 g/mol. The van der Waals surface area contributed by atoms with Crippen LogP contribution in [0.25, 0.3) is 0 Å². The van der Waals surface area contributed by atoms with Crippen molar-refractivity contribution < 1.29 is 14.6 Å². The van der Waals surface area contributed by atoms with E-state index >= 15 is 0 Å². The van der Waals surface area contributed by atoms with Crippen LogP contribution in [0.5, 0.6) is 0 Å². The van der Waals surface area contributed by atoms with Crippen LogP contribution in [0.2, 0.25) is 0 Å². The number of carboxylic acids is 1. The van der Waals surface area contributed by atoms with E-state index in [0.717, 1.165) is 11.1 Å². The van der Waals surface area contributed by atoms with E-state index in [1.165, 1.54) is 7.11 Å². The number of ether oxygens (including phenoxy) is 1. The molecule has 0 fully saturated rings. The number of hydrogen-bond donors (Lipinski definition) is 1. The lowest BCUT2D eigenvalue weighted by atomic mass is 10.0. The molecule has 1 aromatic carbocycles. The third-order valence-electron chi connectivity index (χ3n) is 2.59. The second kappa shape index (κ2) is 6.03. The summed E-state index contributed by atoms with van der Waals surface area (Å²) in [5.74, 6) is -0.560. The van der Waals surface area contributed by atoms with Crippen molar-refractivity contribution >= 4 is 11.9 Å². The average molecular weight is 235 g/mol. The lowest BCUT2D eigenvalue weighted by Gasteiger charge is -2.11. The zero-order chi connectivity index (χ0) is 12.8. The molecule has 1 atom stereocenters. The van der Waals surface area contributed by atoms with E-state index in [-0.39, 0.29) is 0 Å². The van der Waals surface area contributed by atoms with Crippen molar-refractivity contribution in [2.24, 2.45) is 4.99 Å². The Morgan fingerprint density at radius 3 is 2.65 bits per heavy atom. The van der Waals surface area contributed by atoms with E-state index in [1.807, 2.05) is 31.2 Å². The molecule has 4 nitrogen and oxygen atoms in total. The van der Waals surface area contributed by atoms with Gasteiger partial charge in [0.1, 0.15) is 0 Å². The van der Waals surface area contributed by atoms with Crippen LogP contribution >= 0.6 is 0 Å². The van der Waals surface area contributed by atoms with E-state index in [4.69, 9.17) is 9.84 Å². The van der Waals surface area contributed by atoms with E-state index in [0.29, 0.717) is 12.3 Å². The maximum absolute atomic E-state index is 11.1. The molecule has 1 unspecified atom stereocenters. The number of hydrogen-bond acceptors (Lipinski definition) is 3. The quantitative estimate of drug-likeness (QED) is 0.642. The van der Waals surface area contributed by atoms with E-state index in [2.05, 4.69) is 4.99 Å². The largest absolute Gasteiger partial charge is 0.484 e. The molecule has 4 heteroatoms. The Labute approximate surface area is 101 Å². The first-order chi connectivity index (χ1) is 8.04. The van der Waals surface area contributed by atoms with Crippen molar-refractivity contribution in [3.05, 3.63) is 35.4 Å². The molecule has 0 radical (unpaired) electrons. The lowest BCUT2D eigenvalue weighted by Crippen LogP contribution is -2.22. The number of rotatable bonds is 4. The van der Waals surface area contributed by atoms with Crippen LogP contribution in [0.3, 0.4) is 0 Å². The molecule has 1 aromatic rings. The van der Waals surface area contributed by atoms with Crippen LogP contribution in [0.15, 0.2) is 29.3 Å². The molecule has 0 bridgehead atoms. The van der Waals surface area contributed by atoms with Gasteiger partial charge in [-0.2, -0.15) is 0 Å². The maximum Gasteiger partial charge on any atom is 0.328 e. The Morgan fingerprint density at radius 1 is 1.47 bits per heavy atom. The highest BCUT2D eigenvalue weighted by molar-refractivity contribution is 5.80. The molecule has 92 valence electrons. The fraction of sp³-hybridized carbons (Fsp3) is 0.385. The summed E-state index contributed by atoms with van der Waals surface area (Å²) >= 11 is 0. The summed E-state index contributed by atoms with van der Waals surface area (Å²) in [5.41, 5.74) is 2.07. The predicted octanol–water partition coefficient (Wildman–Crippen LogP) is 2.06. The standard InChI is InChI=1S/C13H17NO3/c1-9-6-4-5-7-11(9)8-12(13(15)16)14-10(2)17-3/h4-7,12H,8H2,1-3H3,(H,15,16). The van der Waals surface area contributed by atoms with E-state index < -0.39 is 12.0 Å². The molecule has 0 spiro atoms. The predicted molar refractivity (Wildman–Crippen MR) is 66.4 cm³/mol. The van der Waals surface area contributed by atoms with Crippen LogP contribution in [0.4, 0.5) is 0 Å². The molecule has 1 N–H and O–H groups in total. The van der Waals surface area contributed by atoms with Crippen molar-refractivity contribution in [2.75, 3.05) is 7.11 Å². The van der Waals surface area contributed by atoms with Crippen LogP contribution in [0, 0.1) is 6.92 Å². The molecule has 0 saturated heterocycles. The smallest absolute Gasteiger partial charge is 0.328 e. The Balaban J connectivity index is 2.89. The summed E-state index contributed by atoms with van der Waals surface area (Å²) in [7, 11) is 1.48. The van der Waals surface area contributed by atoms with E-state index in [9.17, 15) is 4.79 Å². The topological polar surface area (TPSA) is 58.9 Å². The molecule has 0 aliphatic rings. The molecule has 0 aliphatic carbocycles. The highest BCUT2D eigenvalue weighted by atomic mass is 16.5. The van der Waals surface area contributed by atoms with Gasteiger partial charge in [-0.15, -0.1) is 0 Å². The second-order valence-electron chi connectivity index (χ2n) is 3.84. The zero-order valence-electron chi connectivity index (χ0n) is 10.3. The molecule has 17 heavy (non-hydrogen) atoms. The normalized spacial score (nSPS) is 13.2. The third kappa shape index (κ3) is 3.90. The van der Waals surface area contributed by atoms with Gasteiger partial charge in [0.15, 0.2) is 11.9 Å².